The SMILES string of the molecule is CCc1cccc2sc(=NC(=O)c3ccc(S(=O)(=O)N(CCC#N)CCC#N)cc3)n(CC)c12. The van der Waals surface area contributed by atoms with Crippen molar-refractivity contribution in [3.63, 3.8) is 0 Å². The predicted molar refractivity (Wildman–Crippen MR) is 130 cm³/mol. The Hall–Kier alpha value is -3.31. The van der Waals surface area contributed by atoms with Crippen molar-refractivity contribution in [1.29, 1.82) is 10.5 Å². The summed E-state index contributed by atoms with van der Waals surface area (Å²) in [6.45, 7) is 4.76. The molecule has 1 amide bonds. The Morgan fingerprint density at radius 3 is 2.26 bits per heavy atom. The molecule has 0 radical (unpaired) electrons. The van der Waals surface area contributed by atoms with Crippen molar-refractivity contribution in [1.82, 2.24) is 8.87 Å². The topological polar surface area (TPSA) is 119 Å². The molecule has 2 aromatic carbocycles. The molecule has 0 spiro atoms. The van der Waals surface area contributed by atoms with E-state index >= 15 is 0 Å². The van der Waals surface area contributed by atoms with Crippen molar-refractivity contribution < 1.29 is 13.2 Å². The summed E-state index contributed by atoms with van der Waals surface area (Å²) in [4.78, 5) is 17.8. The largest absolute Gasteiger partial charge is 0.316 e. The molecular formula is C24H25N5O3S2. The number of carbonyl (C=O) groups excluding carboxylic acids is 1. The van der Waals surface area contributed by atoms with E-state index in [4.69, 9.17) is 10.5 Å². The van der Waals surface area contributed by atoms with Gasteiger partial charge in [0.05, 0.1) is 27.3 Å². The summed E-state index contributed by atoms with van der Waals surface area (Å²) in [7, 11) is -3.90. The van der Waals surface area contributed by atoms with Crippen LogP contribution >= 0.6 is 11.3 Å². The number of fused-ring (bicyclic) bond motifs is 1. The Balaban J connectivity index is 1.93. The minimum atomic E-state index is -3.90. The van der Waals surface area contributed by atoms with Gasteiger partial charge in [-0.3, -0.25) is 4.79 Å². The van der Waals surface area contributed by atoms with Crippen molar-refractivity contribution in [2.24, 2.45) is 4.99 Å². The zero-order valence-corrected chi connectivity index (χ0v) is 20.7. The molecule has 0 saturated heterocycles. The first kappa shape index (κ1) is 25.3. The predicted octanol–water partition coefficient (Wildman–Crippen LogP) is 3.84. The molecule has 3 rings (SSSR count). The van der Waals surface area contributed by atoms with Crippen LogP contribution in [0.1, 0.15) is 42.6 Å². The average Bonchev–Trinajstić information content (AvgIpc) is 3.21. The van der Waals surface area contributed by atoms with Gasteiger partial charge in [0.1, 0.15) is 0 Å². The van der Waals surface area contributed by atoms with Crippen molar-refractivity contribution in [3.05, 3.63) is 58.4 Å². The number of hydrogen-bond donors (Lipinski definition) is 0. The second-order valence-electron chi connectivity index (χ2n) is 7.41. The molecule has 0 aliphatic rings. The van der Waals surface area contributed by atoms with Crippen molar-refractivity contribution in [2.45, 2.75) is 44.6 Å². The molecule has 176 valence electrons. The second-order valence-corrected chi connectivity index (χ2v) is 10.4. The molecule has 1 heterocycles. The van der Waals surface area contributed by atoms with Gasteiger partial charge in [0.2, 0.25) is 10.0 Å². The molecule has 0 aliphatic heterocycles. The van der Waals surface area contributed by atoms with E-state index in [9.17, 15) is 13.2 Å². The molecule has 0 fully saturated rings. The third-order valence-corrected chi connectivity index (χ3v) is 8.32. The number of nitrogens with zero attached hydrogens (tertiary/aromatic N) is 5. The van der Waals surface area contributed by atoms with Gasteiger partial charge >= 0.3 is 0 Å². The number of benzene rings is 2. The lowest BCUT2D eigenvalue weighted by Gasteiger charge is -2.20. The van der Waals surface area contributed by atoms with E-state index in [1.807, 2.05) is 35.8 Å². The summed E-state index contributed by atoms with van der Waals surface area (Å²) >= 11 is 1.45. The van der Waals surface area contributed by atoms with Gasteiger partial charge in [-0.05, 0) is 49.2 Å². The van der Waals surface area contributed by atoms with Crippen LogP contribution in [0.3, 0.4) is 0 Å². The van der Waals surface area contributed by atoms with E-state index < -0.39 is 15.9 Å². The summed E-state index contributed by atoms with van der Waals surface area (Å²) in [5.74, 6) is -0.457. The van der Waals surface area contributed by atoms with E-state index in [-0.39, 0.29) is 36.4 Å². The number of thiazole rings is 1. The number of carbonyl (C=O) groups is 1. The molecular weight excluding hydrogens is 470 g/mol. The lowest BCUT2D eigenvalue weighted by atomic mass is 10.1. The number of nitriles is 2. The number of aryl methyl sites for hydroxylation is 2. The lowest BCUT2D eigenvalue weighted by molar-refractivity contribution is 0.0997. The standard InChI is InChI=1S/C24H25N5O3S2/c1-3-18-8-5-9-21-22(18)29(4-2)24(33-21)27-23(30)19-10-12-20(13-11-19)34(31,32)28(16-6-14-25)17-7-15-26/h5,8-13H,3-4,6-7,16-17H2,1-2H3. The highest BCUT2D eigenvalue weighted by Gasteiger charge is 2.24. The number of sulfonamides is 1. The highest BCUT2D eigenvalue weighted by Crippen LogP contribution is 2.22. The van der Waals surface area contributed by atoms with Gasteiger partial charge < -0.3 is 4.57 Å². The third-order valence-electron chi connectivity index (χ3n) is 5.36. The number of hydrogen-bond acceptors (Lipinski definition) is 6. The van der Waals surface area contributed by atoms with Crippen LogP contribution in [0.2, 0.25) is 0 Å². The van der Waals surface area contributed by atoms with Gasteiger partial charge in [0, 0.05) is 38.0 Å². The van der Waals surface area contributed by atoms with Crippen molar-refractivity contribution in [3.8, 4) is 12.1 Å². The molecule has 0 unspecified atom stereocenters. The number of amides is 1. The zero-order valence-electron chi connectivity index (χ0n) is 19.1. The smallest absolute Gasteiger partial charge is 0.279 e. The molecule has 8 nitrogen and oxygen atoms in total. The molecule has 0 saturated carbocycles. The molecule has 1 aromatic heterocycles. The molecule has 0 atom stereocenters. The van der Waals surface area contributed by atoms with Gasteiger partial charge in [-0.2, -0.15) is 19.8 Å². The van der Waals surface area contributed by atoms with E-state index in [2.05, 4.69) is 18.0 Å². The summed E-state index contributed by atoms with van der Waals surface area (Å²) in [5, 5.41) is 17.6. The number of aromatic nitrogens is 1. The van der Waals surface area contributed by atoms with E-state index in [0.717, 1.165) is 20.9 Å². The summed E-state index contributed by atoms with van der Waals surface area (Å²) in [6, 6.07) is 15.5. The van der Waals surface area contributed by atoms with E-state index in [1.54, 1.807) is 0 Å². The highest BCUT2D eigenvalue weighted by atomic mass is 32.2. The number of rotatable bonds is 9. The molecule has 0 bridgehead atoms. The fraction of sp³-hybridized carbons (Fsp3) is 0.333. The van der Waals surface area contributed by atoms with Crippen molar-refractivity contribution in [2.75, 3.05) is 13.1 Å². The Kier molecular flexibility index (Phi) is 8.35. The first-order valence-electron chi connectivity index (χ1n) is 10.9. The van der Waals surface area contributed by atoms with Crippen LogP contribution in [0, 0.1) is 22.7 Å². The maximum Gasteiger partial charge on any atom is 0.279 e. The first-order valence-corrected chi connectivity index (χ1v) is 13.2. The minimum absolute atomic E-state index is 0.000762. The van der Waals surface area contributed by atoms with Crippen LogP contribution in [0.15, 0.2) is 52.4 Å². The third kappa shape index (κ3) is 5.26. The normalized spacial score (nSPS) is 12.1. The van der Waals surface area contributed by atoms with Crippen LogP contribution in [0.25, 0.3) is 10.2 Å². The summed E-state index contributed by atoms with van der Waals surface area (Å²) in [6.07, 6.45) is 0.913. The fourth-order valence-electron chi connectivity index (χ4n) is 3.64. The van der Waals surface area contributed by atoms with Crippen LogP contribution in [-0.4, -0.2) is 36.3 Å². The zero-order chi connectivity index (χ0) is 24.7. The molecule has 0 N–H and O–H groups in total. The fourth-order valence-corrected chi connectivity index (χ4v) is 6.22. The Morgan fingerprint density at radius 1 is 1.06 bits per heavy atom. The Labute approximate surface area is 203 Å². The minimum Gasteiger partial charge on any atom is -0.316 e. The summed E-state index contributed by atoms with van der Waals surface area (Å²) < 4.78 is 30.1. The lowest BCUT2D eigenvalue weighted by Crippen LogP contribution is -2.32. The molecule has 3 aromatic rings. The number of para-hydroxylation sites is 1. The van der Waals surface area contributed by atoms with E-state index in [1.165, 1.54) is 41.2 Å². The van der Waals surface area contributed by atoms with Gasteiger partial charge in [-0.15, -0.1) is 0 Å². The average molecular weight is 496 g/mol. The Morgan fingerprint density at radius 2 is 1.71 bits per heavy atom. The van der Waals surface area contributed by atoms with Gasteiger partial charge in [0.25, 0.3) is 5.91 Å². The molecule has 0 aliphatic carbocycles. The molecule has 34 heavy (non-hydrogen) atoms. The maximum atomic E-state index is 13.0. The quantitative estimate of drug-likeness (QED) is 0.447. The molecule has 10 heteroatoms. The van der Waals surface area contributed by atoms with Gasteiger partial charge in [0.15, 0.2) is 4.80 Å². The monoisotopic (exact) mass is 495 g/mol. The van der Waals surface area contributed by atoms with Crippen molar-refractivity contribution >= 4 is 37.5 Å². The van der Waals surface area contributed by atoms with Crippen LogP contribution in [-0.2, 0) is 23.0 Å². The van der Waals surface area contributed by atoms with E-state index in [0.29, 0.717) is 11.3 Å². The first-order chi connectivity index (χ1) is 16.4. The Bertz CT molecular complexity index is 1420. The maximum absolute atomic E-state index is 13.0. The highest BCUT2D eigenvalue weighted by molar-refractivity contribution is 7.89. The van der Waals surface area contributed by atoms with Crippen LogP contribution in [0.4, 0.5) is 0 Å². The van der Waals surface area contributed by atoms with Gasteiger partial charge in [-0.25, -0.2) is 8.42 Å². The van der Waals surface area contributed by atoms with Crippen LogP contribution in [0.5, 0.6) is 0 Å². The second kappa shape index (κ2) is 11.2. The van der Waals surface area contributed by atoms with Gasteiger partial charge in [-0.1, -0.05) is 30.4 Å². The van der Waals surface area contributed by atoms with Crippen LogP contribution < -0.4 is 4.80 Å². The summed E-state index contributed by atoms with van der Waals surface area (Å²) in [5.41, 5.74) is 2.55.